The van der Waals surface area contributed by atoms with Crippen molar-refractivity contribution in [2.24, 2.45) is 0 Å². The van der Waals surface area contributed by atoms with Crippen molar-refractivity contribution in [2.45, 2.75) is 44.2 Å². The van der Waals surface area contributed by atoms with Crippen LogP contribution in [0.2, 0.25) is 0 Å². The van der Waals surface area contributed by atoms with Gasteiger partial charge in [0.1, 0.15) is 0 Å². The minimum atomic E-state index is 0.400. The quantitative estimate of drug-likeness (QED) is 0.742. The van der Waals surface area contributed by atoms with Gasteiger partial charge < -0.3 is 0 Å². The number of rotatable bonds is 1. The molecule has 0 radical (unpaired) electrons. The molecule has 1 saturated carbocycles. The Morgan fingerprint density at radius 3 is 2.44 bits per heavy atom. The number of benzene rings is 1. The average molecular weight is 306 g/mol. The van der Waals surface area contributed by atoms with Gasteiger partial charge >= 0.3 is 0 Å². The highest BCUT2D eigenvalue weighted by atomic mass is 79.9. The van der Waals surface area contributed by atoms with Crippen molar-refractivity contribution < 1.29 is 0 Å². The van der Waals surface area contributed by atoms with Crippen molar-refractivity contribution >= 4 is 21.6 Å². The molecule has 18 heavy (non-hydrogen) atoms. The highest BCUT2D eigenvalue weighted by molar-refractivity contribution is 9.10. The van der Waals surface area contributed by atoms with E-state index in [0.29, 0.717) is 12.1 Å². The Hall–Kier alpha value is -1.21. The first-order chi connectivity index (χ1) is 8.79. The van der Waals surface area contributed by atoms with E-state index in [0.717, 1.165) is 23.0 Å². The van der Waals surface area contributed by atoms with Gasteiger partial charge in [-0.15, -0.1) is 0 Å². The second-order valence-electron chi connectivity index (χ2n) is 5.08. The van der Waals surface area contributed by atoms with Crippen LogP contribution in [0.25, 0.3) is 0 Å². The lowest BCUT2D eigenvalue weighted by atomic mass is 10.0. The second kappa shape index (κ2) is 4.81. The summed E-state index contributed by atoms with van der Waals surface area (Å²) >= 11 is 3.46. The van der Waals surface area contributed by atoms with Crippen molar-refractivity contribution in [1.29, 1.82) is 5.26 Å². The van der Waals surface area contributed by atoms with Gasteiger partial charge in [-0.1, -0.05) is 15.9 Å². The molecular weight excluding hydrogens is 290 g/mol. The fraction of sp³-hybridized carbons (Fsp3) is 0.500. The fourth-order valence-electron chi connectivity index (χ4n) is 3.16. The van der Waals surface area contributed by atoms with Crippen molar-refractivity contribution in [3.8, 4) is 6.19 Å². The number of hydrazine groups is 1. The monoisotopic (exact) mass is 305 g/mol. The molecule has 2 bridgehead atoms. The lowest BCUT2D eigenvalue weighted by Crippen LogP contribution is -2.53. The van der Waals surface area contributed by atoms with Gasteiger partial charge in [-0.05, 0) is 56.4 Å². The maximum atomic E-state index is 9.45. The average Bonchev–Trinajstić information content (AvgIpc) is 2.72. The van der Waals surface area contributed by atoms with Crippen LogP contribution in [0.15, 0.2) is 28.7 Å². The minimum Gasteiger partial charge on any atom is -0.273 e. The number of nitrogens with zero attached hydrogens (tertiary/aromatic N) is 3. The van der Waals surface area contributed by atoms with Crippen LogP contribution in [0, 0.1) is 11.5 Å². The largest absolute Gasteiger partial charge is 0.273 e. The smallest absolute Gasteiger partial charge is 0.200 e. The summed E-state index contributed by atoms with van der Waals surface area (Å²) in [6.45, 7) is 0. The third-order valence-corrected chi connectivity index (χ3v) is 4.55. The molecule has 3 aliphatic rings. The van der Waals surface area contributed by atoms with Gasteiger partial charge in [0.2, 0.25) is 0 Å². The highest BCUT2D eigenvalue weighted by Gasteiger charge is 2.37. The number of fused-ring (bicyclic) bond motifs is 4. The van der Waals surface area contributed by atoms with E-state index in [1.165, 1.54) is 19.3 Å². The van der Waals surface area contributed by atoms with Gasteiger partial charge in [-0.3, -0.25) is 5.01 Å². The van der Waals surface area contributed by atoms with Crippen LogP contribution in [0.1, 0.15) is 32.1 Å². The standard InChI is InChI=1S/C14H16BrN3/c15-11-4-6-14(7-5-11)18-13-3-1-2-12(8-9-13)17(18)10-16/h4-7,12-13H,1-3,8-9H2. The van der Waals surface area contributed by atoms with Crippen LogP contribution < -0.4 is 5.01 Å². The molecule has 3 fully saturated rings. The Bertz CT molecular complexity index is 461. The number of nitriles is 1. The Morgan fingerprint density at radius 1 is 1.06 bits per heavy atom. The predicted molar refractivity (Wildman–Crippen MR) is 74.7 cm³/mol. The Kier molecular flexibility index (Phi) is 3.17. The Morgan fingerprint density at radius 2 is 1.72 bits per heavy atom. The van der Waals surface area contributed by atoms with Gasteiger partial charge in [0.25, 0.3) is 0 Å². The molecule has 0 aromatic heterocycles. The van der Waals surface area contributed by atoms with E-state index in [1.54, 1.807) is 0 Å². The Balaban J connectivity index is 1.97. The van der Waals surface area contributed by atoms with Crippen molar-refractivity contribution in [3.05, 3.63) is 28.7 Å². The lowest BCUT2D eigenvalue weighted by Gasteiger charge is -2.44. The number of hydrogen-bond acceptors (Lipinski definition) is 3. The van der Waals surface area contributed by atoms with Crippen molar-refractivity contribution in [3.63, 3.8) is 0 Å². The molecule has 2 heterocycles. The summed E-state index contributed by atoms with van der Waals surface area (Å²) in [5, 5.41) is 13.6. The minimum absolute atomic E-state index is 0.400. The first kappa shape index (κ1) is 11.9. The summed E-state index contributed by atoms with van der Waals surface area (Å²) in [5.74, 6) is 0. The lowest BCUT2D eigenvalue weighted by molar-refractivity contribution is 0.191. The molecule has 1 aromatic carbocycles. The van der Waals surface area contributed by atoms with Crippen LogP contribution in [-0.4, -0.2) is 17.1 Å². The molecule has 1 aliphatic carbocycles. The molecule has 2 saturated heterocycles. The maximum Gasteiger partial charge on any atom is 0.200 e. The topological polar surface area (TPSA) is 30.3 Å². The third kappa shape index (κ3) is 1.97. The molecule has 94 valence electrons. The van der Waals surface area contributed by atoms with Gasteiger partial charge in [-0.2, -0.15) is 5.26 Å². The fourth-order valence-corrected chi connectivity index (χ4v) is 3.43. The summed E-state index contributed by atoms with van der Waals surface area (Å²) in [5.41, 5.74) is 1.14. The van der Waals surface area contributed by atoms with E-state index in [9.17, 15) is 5.26 Å². The predicted octanol–water partition coefficient (Wildman–Crippen LogP) is 3.67. The number of halogens is 1. The van der Waals surface area contributed by atoms with Crippen LogP contribution in [0.4, 0.5) is 5.69 Å². The molecule has 0 spiro atoms. The molecule has 0 amide bonds. The molecule has 2 atom stereocenters. The Labute approximate surface area is 116 Å². The van der Waals surface area contributed by atoms with E-state index in [2.05, 4.69) is 39.3 Å². The normalized spacial score (nSPS) is 26.9. The molecule has 2 aliphatic heterocycles. The first-order valence-electron chi connectivity index (χ1n) is 6.53. The van der Waals surface area contributed by atoms with Crippen LogP contribution in [-0.2, 0) is 0 Å². The van der Waals surface area contributed by atoms with Crippen LogP contribution in [0.3, 0.4) is 0 Å². The third-order valence-electron chi connectivity index (χ3n) is 4.03. The molecule has 4 heteroatoms. The van der Waals surface area contributed by atoms with E-state index in [4.69, 9.17) is 0 Å². The van der Waals surface area contributed by atoms with Gasteiger partial charge in [0.15, 0.2) is 6.19 Å². The first-order valence-corrected chi connectivity index (χ1v) is 7.32. The molecule has 4 rings (SSSR count). The number of anilines is 1. The van der Waals surface area contributed by atoms with Crippen molar-refractivity contribution in [1.82, 2.24) is 5.01 Å². The summed E-state index contributed by atoms with van der Waals surface area (Å²) in [4.78, 5) is 0. The van der Waals surface area contributed by atoms with Gasteiger partial charge in [0.05, 0.1) is 17.8 Å². The molecule has 1 aromatic rings. The summed E-state index contributed by atoms with van der Waals surface area (Å²) in [6.07, 6.45) is 8.34. The van der Waals surface area contributed by atoms with Gasteiger partial charge in [-0.25, -0.2) is 5.01 Å². The molecule has 3 nitrogen and oxygen atoms in total. The summed E-state index contributed by atoms with van der Waals surface area (Å²) < 4.78 is 1.08. The van der Waals surface area contributed by atoms with Crippen LogP contribution >= 0.6 is 15.9 Å². The molecule has 2 unspecified atom stereocenters. The SMILES string of the molecule is N#CN1C2CCCC(CC2)N1c1ccc(Br)cc1. The molecular formula is C14H16BrN3. The van der Waals surface area contributed by atoms with E-state index >= 15 is 0 Å². The van der Waals surface area contributed by atoms with Gasteiger partial charge in [0, 0.05) is 4.47 Å². The van der Waals surface area contributed by atoms with E-state index in [1.807, 2.05) is 17.1 Å². The van der Waals surface area contributed by atoms with Crippen LogP contribution in [0.5, 0.6) is 0 Å². The zero-order valence-corrected chi connectivity index (χ0v) is 11.8. The van der Waals surface area contributed by atoms with E-state index in [-0.39, 0.29) is 0 Å². The zero-order chi connectivity index (χ0) is 12.5. The zero-order valence-electron chi connectivity index (χ0n) is 10.2. The summed E-state index contributed by atoms with van der Waals surface area (Å²) in [7, 11) is 0. The van der Waals surface area contributed by atoms with E-state index < -0.39 is 0 Å². The second-order valence-corrected chi connectivity index (χ2v) is 6.00. The number of hydrogen-bond donors (Lipinski definition) is 0. The maximum absolute atomic E-state index is 9.45. The highest BCUT2D eigenvalue weighted by Crippen LogP contribution is 2.36. The van der Waals surface area contributed by atoms with Crippen molar-refractivity contribution in [2.75, 3.05) is 5.01 Å². The molecule has 0 N–H and O–H groups in total. The summed E-state index contributed by atoms with van der Waals surface area (Å²) in [6, 6.07) is 9.17.